The van der Waals surface area contributed by atoms with E-state index >= 15 is 0 Å². The molecule has 0 aliphatic carbocycles. The van der Waals surface area contributed by atoms with Gasteiger partial charge in [0, 0.05) is 0 Å². The number of nitrogens with zero attached hydrogens (tertiary/aromatic N) is 1. The summed E-state index contributed by atoms with van der Waals surface area (Å²) in [6.45, 7) is 3.21. The number of ether oxygens (including phenoxy) is 1. The number of hydrogen-bond acceptors (Lipinski definition) is 4. The van der Waals surface area contributed by atoms with E-state index in [0.717, 1.165) is 0 Å². The second-order valence-corrected chi connectivity index (χ2v) is 1.21. The molecule has 2 unspecified atom stereocenters. The average Bonchev–Trinajstić information content (AvgIpc) is 2.43. The first-order valence-corrected chi connectivity index (χ1v) is 1.85. The highest BCUT2D eigenvalue weighted by atomic mass is 16.8. The molecule has 1 fully saturated rings. The van der Waals surface area contributed by atoms with E-state index in [1.165, 1.54) is 0 Å². The van der Waals surface area contributed by atoms with Crippen LogP contribution in [0.4, 0.5) is 0 Å². The lowest BCUT2D eigenvalue weighted by Crippen LogP contribution is -2.03. The van der Waals surface area contributed by atoms with Crippen molar-refractivity contribution in [3.05, 3.63) is 0 Å². The topological polar surface area (TPSA) is 60.1 Å². The maximum absolute atomic E-state index is 4.69. The van der Waals surface area contributed by atoms with E-state index < -0.39 is 0 Å². The second kappa shape index (κ2) is 1.57. The lowest BCUT2D eigenvalue weighted by molar-refractivity contribution is 0.0503. The lowest BCUT2D eigenvalue weighted by atomic mass is 10.7. The Morgan fingerprint density at radius 3 is 2.71 bits per heavy atom. The minimum atomic E-state index is -0.336. The van der Waals surface area contributed by atoms with E-state index in [2.05, 4.69) is 27.2 Å². The Hall–Kier alpha value is -0.450. The van der Waals surface area contributed by atoms with Crippen LogP contribution < -0.4 is 5.90 Å². The highest BCUT2D eigenvalue weighted by Crippen LogP contribution is 2.21. The molecule has 0 bridgehead atoms. The van der Waals surface area contributed by atoms with Gasteiger partial charge in [-0.15, -0.1) is 0 Å². The van der Waals surface area contributed by atoms with Gasteiger partial charge in [0.15, 0.2) is 0 Å². The molecule has 0 radical (unpaired) electrons. The zero-order valence-electron chi connectivity index (χ0n) is 3.70. The number of epoxide rings is 1. The highest BCUT2D eigenvalue weighted by molar-refractivity contribution is 5.24. The fourth-order valence-corrected chi connectivity index (χ4v) is 0.320. The monoisotopic (exact) mass is 102 g/mol. The van der Waals surface area contributed by atoms with Crippen molar-refractivity contribution in [3.63, 3.8) is 0 Å². The third-order valence-electron chi connectivity index (χ3n) is 0.744. The minimum Gasteiger partial charge on any atom is -0.316 e. The fraction of sp³-hybridized carbons (Fsp3) is 0.667. The predicted octanol–water partition coefficient (Wildman–Crippen LogP) is -0.740. The lowest BCUT2D eigenvalue weighted by Gasteiger charge is -1.79. The van der Waals surface area contributed by atoms with Crippen LogP contribution in [0.3, 0.4) is 0 Å². The summed E-state index contributed by atoms with van der Waals surface area (Å²) in [6, 6.07) is 0. The van der Waals surface area contributed by atoms with Gasteiger partial charge < -0.3 is 4.74 Å². The van der Waals surface area contributed by atoms with Crippen molar-refractivity contribution in [2.45, 2.75) is 12.5 Å². The van der Waals surface area contributed by atoms with Gasteiger partial charge in [0.05, 0.1) is 0 Å². The Morgan fingerprint density at radius 2 is 2.57 bits per heavy atom. The average molecular weight is 102 g/mol. The Kier molecular flexibility index (Phi) is 1.06. The van der Waals surface area contributed by atoms with Gasteiger partial charge in [-0.1, -0.05) is 0 Å². The SMILES string of the molecule is C=NC1OC1ON. The molecule has 1 heterocycles. The standard InChI is InChI=1S/C3H6N2O2/c1-5-2-3(6-2)7-4/h2-3H,1,4H2. The van der Waals surface area contributed by atoms with Crippen molar-refractivity contribution in [1.29, 1.82) is 0 Å². The second-order valence-electron chi connectivity index (χ2n) is 1.21. The molecule has 0 aromatic rings. The number of rotatable bonds is 2. The van der Waals surface area contributed by atoms with Crippen LogP contribution in [0, 0.1) is 0 Å². The minimum absolute atomic E-state index is 0.218. The molecule has 1 rings (SSSR count). The summed E-state index contributed by atoms with van der Waals surface area (Å²) < 4.78 is 4.64. The summed E-state index contributed by atoms with van der Waals surface area (Å²) in [5.74, 6) is 4.69. The molecular formula is C3H6N2O2. The molecule has 40 valence electrons. The van der Waals surface area contributed by atoms with Crippen molar-refractivity contribution in [2.75, 3.05) is 0 Å². The Bertz CT molecular complexity index is 85.0. The van der Waals surface area contributed by atoms with Gasteiger partial charge in [0.25, 0.3) is 0 Å². The summed E-state index contributed by atoms with van der Waals surface area (Å²) in [7, 11) is 0. The molecule has 2 atom stereocenters. The van der Waals surface area contributed by atoms with Crippen LogP contribution in [-0.4, -0.2) is 19.2 Å². The molecule has 1 saturated heterocycles. The number of aliphatic imine (C=N–C) groups is 1. The summed E-state index contributed by atoms with van der Waals surface area (Å²) in [5.41, 5.74) is 0. The van der Waals surface area contributed by atoms with Crippen molar-refractivity contribution in [2.24, 2.45) is 10.9 Å². The summed E-state index contributed by atoms with van der Waals surface area (Å²) in [6.07, 6.45) is -0.553. The van der Waals surface area contributed by atoms with Gasteiger partial charge in [-0.25, -0.2) is 5.90 Å². The van der Waals surface area contributed by atoms with E-state index in [1.807, 2.05) is 0 Å². The first kappa shape index (κ1) is 4.70. The third-order valence-corrected chi connectivity index (χ3v) is 0.744. The van der Waals surface area contributed by atoms with E-state index in [0.29, 0.717) is 0 Å². The quantitative estimate of drug-likeness (QED) is 0.284. The third kappa shape index (κ3) is 0.767. The number of nitrogens with two attached hydrogens (primary N) is 1. The molecule has 1 aliphatic rings. The molecule has 0 aromatic carbocycles. The molecule has 1 aliphatic heterocycles. The van der Waals surface area contributed by atoms with Crippen LogP contribution in [0.5, 0.6) is 0 Å². The zero-order valence-corrected chi connectivity index (χ0v) is 3.70. The van der Waals surface area contributed by atoms with Crippen LogP contribution in [0.2, 0.25) is 0 Å². The van der Waals surface area contributed by atoms with Crippen LogP contribution in [0.15, 0.2) is 4.99 Å². The molecule has 2 N–H and O–H groups in total. The molecule has 7 heavy (non-hydrogen) atoms. The van der Waals surface area contributed by atoms with E-state index in [4.69, 9.17) is 0 Å². The van der Waals surface area contributed by atoms with Gasteiger partial charge in [-0.3, -0.25) is 9.83 Å². The fourth-order valence-electron chi connectivity index (χ4n) is 0.320. The van der Waals surface area contributed by atoms with Gasteiger partial charge in [0.2, 0.25) is 12.5 Å². The van der Waals surface area contributed by atoms with Gasteiger partial charge in [-0.05, 0) is 6.72 Å². The van der Waals surface area contributed by atoms with Crippen molar-refractivity contribution in [3.8, 4) is 0 Å². The van der Waals surface area contributed by atoms with E-state index in [-0.39, 0.29) is 12.5 Å². The summed E-state index contributed by atoms with van der Waals surface area (Å²) in [5, 5.41) is 0. The van der Waals surface area contributed by atoms with Crippen LogP contribution in [-0.2, 0) is 9.57 Å². The Morgan fingerprint density at radius 1 is 1.86 bits per heavy atom. The molecule has 4 heteroatoms. The summed E-state index contributed by atoms with van der Waals surface area (Å²) >= 11 is 0. The van der Waals surface area contributed by atoms with E-state index in [9.17, 15) is 0 Å². The summed E-state index contributed by atoms with van der Waals surface area (Å²) in [4.78, 5) is 7.68. The van der Waals surface area contributed by atoms with E-state index in [1.54, 1.807) is 0 Å². The van der Waals surface area contributed by atoms with Gasteiger partial charge in [-0.2, -0.15) is 0 Å². The van der Waals surface area contributed by atoms with Crippen molar-refractivity contribution < 1.29 is 9.57 Å². The molecule has 0 saturated carbocycles. The first-order chi connectivity index (χ1) is 3.38. The molecular weight excluding hydrogens is 96.0 g/mol. The maximum atomic E-state index is 4.69. The van der Waals surface area contributed by atoms with Gasteiger partial charge in [0.1, 0.15) is 0 Å². The smallest absolute Gasteiger partial charge is 0.226 e. The van der Waals surface area contributed by atoms with Crippen LogP contribution in [0.1, 0.15) is 0 Å². The molecule has 0 amide bonds. The largest absolute Gasteiger partial charge is 0.316 e. The van der Waals surface area contributed by atoms with Crippen molar-refractivity contribution >= 4 is 6.72 Å². The predicted molar refractivity (Wildman–Crippen MR) is 23.5 cm³/mol. The molecule has 4 nitrogen and oxygen atoms in total. The maximum Gasteiger partial charge on any atom is 0.226 e. The number of hydrogen-bond donors (Lipinski definition) is 1. The highest BCUT2D eigenvalue weighted by Gasteiger charge is 2.38. The first-order valence-electron chi connectivity index (χ1n) is 1.85. The van der Waals surface area contributed by atoms with Gasteiger partial charge >= 0.3 is 0 Å². The van der Waals surface area contributed by atoms with Crippen molar-refractivity contribution in [1.82, 2.24) is 0 Å². The molecule has 0 aromatic heterocycles. The zero-order chi connectivity index (χ0) is 5.28. The van der Waals surface area contributed by atoms with Crippen LogP contribution in [0.25, 0.3) is 0 Å². The molecule has 0 spiro atoms. The Labute approximate surface area is 40.9 Å². The normalized spacial score (nSPS) is 37.9. The Balaban J connectivity index is 2.17. The van der Waals surface area contributed by atoms with Crippen LogP contribution >= 0.6 is 0 Å².